The molecule has 1 aromatic carbocycles. The summed E-state index contributed by atoms with van der Waals surface area (Å²) in [6.07, 6.45) is -0.456. The molecule has 0 aromatic heterocycles. The van der Waals surface area contributed by atoms with Gasteiger partial charge in [0, 0.05) is 0 Å². The fraction of sp³-hybridized carbons (Fsp3) is 0.500. The van der Waals surface area contributed by atoms with Crippen LogP contribution < -0.4 is 0 Å². The summed E-state index contributed by atoms with van der Waals surface area (Å²) in [5.41, 5.74) is 0.982. The van der Waals surface area contributed by atoms with Gasteiger partial charge in [-0.3, -0.25) is 9.59 Å². The average molecular weight is 294 g/mol. The van der Waals surface area contributed by atoms with Gasteiger partial charge in [0.25, 0.3) is 0 Å². The zero-order valence-corrected chi connectivity index (χ0v) is 12.5. The van der Waals surface area contributed by atoms with Gasteiger partial charge in [-0.1, -0.05) is 30.3 Å². The Morgan fingerprint density at radius 2 is 1.48 bits per heavy atom. The Morgan fingerprint density at radius 1 is 0.952 bits per heavy atom. The Balaban J connectivity index is 2.53. The monoisotopic (exact) mass is 294 g/mol. The number of carbonyl (C=O) groups excluding carboxylic acids is 2. The Kier molecular flexibility index (Phi) is 8.12. The molecular weight excluding hydrogens is 272 g/mol. The molecule has 116 valence electrons. The number of esters is 2. The van der Waals surface area contributed by atoms with E-state index in [4.69, 9.17) is 14.2 Å². The van der Waals surface area contributed by atoms with Crippen LogP contribution in [0.1, 0.15) is 32.3 Å². The molecule has 0 atom stereocenters. The molecule has 21 heavy (non-hydrogen) atoms. The smallest absolute Gasteiger partial charge is 0.308 e. The first kappa shape index (κ1) is 17.2. The second kappa shape index (κ2) is 9.94. The van der Waals surface area contributed by atoms with Gasteiger partial charge in [-0.15, -0.1) is 0 Å². The summed E-state index contributed by atoms with van der Waals surface area (Å²) < 4.78 is 15.5. The van der Waals surface area contributed by atoms with Gasteiger partial charge in [-0.05, 0) is 19.4 Å². The lowest BCUT2D eigenvalue weighted by Crippen LogP contribution is -2.23. The van der Waals surface area contributed by atoms with Crippen LogP contribution in [0, 0.1) is 0 Å². The maximum Gasteiger partial charge on any atom is 0.308 e. The topological polar surface area (TPSA) is 61.8 Å². The van der Waals surface area contributed by atoms with Gasteiger partial charge in [0.2, 0.25) is 0 Å². The van der Waals surface area contributed by atoms with Crippen molar-refractivity contribution in [2.24, 2.45) is 0 Å². The fourth-order valence-electron chi connectivity index (χ4n) is 1.79. The summed E-state index contributed by atoms with van der Waals surface area (Å²) in [5, 5.41) is 0. The van der Waals surface area contributed by atoms with Crippen molar-refractivity contribution in [2.75, 3.05) is 13.2 Å². The van der Waals surface area contributed by atoms with Gasteiger partial charge in [0.15, 0.2) is 0 Å². The first-order valence-corrected chi connectivity index (χ1v) is 7.12. The molecule has 0 fully saturated rings. The van der Waals surface area contributed by atoms with E-state index in [1.165, 1.54) is 0 Å². The van der Waals surface area contributed by atoms with Gasteiger partial charge in [0.1, 0.15) is 0 Å². The standard InChI is InChI=1S/C16H22O5/c1-3-19-15(17)10-14(11-16(18)20-4-2)21-12-13-8-6-5-7-9-13/h5-9,14H,3-4,10-12H2,1-2H3. The molecule has 0 radical (unpaired) electrons. The minimum absolute atomic E-state index is 0.0412. The number of hydrogen-bond acceptors (Lipinski definition) is 5. The second-order valence-electron chi connectivity index (χ2n) is 4.44. The van der Waals surface area contributed by atoms with Crippen LogP contribution in [-0.4, -0.2) is 31.3 Å². The summed E-state index contributed by atoms with van der Waals surface area (Å²) in [5.74, 6) is -0.750. The number of hydrogen-bond donors (Lipinski definition) is 0. The van der Waals surface area contributed by atoms with Crippen LogP contribution in [0.25, 0.3) is 0 Å². The number of ether oxygens (including phenoxy) is 3. The van der Waals surface area contributed by atoms with Crippen molar-refractivity contribution >= 4 is 11.9 Å². The van der Waals surface area contributed by atoms with Crippen molar-refractivity contribution in [1.82, 2.24) is 0 Å². The van der Waals surface area contributed by atoms with E-state index < -0.39 is 6.10 Å². The molecule has 0 unspecified atom stereocenters. The van der Waals surface area contributed by atoms with E-state index in [1.54, 1.807) is 13.8 Å². The molecule has 0 aliphatic rings. The van der Waals surface area contributed by atoms with Crippen LogP contribution in [0.5, 0.6) is 0 Å². The summed E-state index contributed by atoms with van der Waals surface area (Å²) >= 11 is 0. The summed E-state index contributed by atoms with van der Waals surface area (Å²) in [4.78, 5) is 23.1. The van der Waals surface area contributed by atoms with Crippen molar-refractivity contribution in [2.45, 2.75) is 39.4 Å². The lowest BCUT2D eigenvalue weighted by atomic mass is 10.2. The van der Waals surface area contributed by atoms with Crippen LogP contribution in [0.15, 0.2) is 30.3 Å². The third kappa shape index (κ3) is 7.46. The zero-order valence-electron chi connectivity index (χ0n) is 12.5. The van der Waals surface area contributed by atoms with E-state index in [0.717, 1.165) is 5.56 Å². The third-order valence-corrected chi connectivity index (χ3v) is 2.73. The van der Waals surface area contributed by atoms with Crippen molar-refractivity contribution in [1.29, 1.82) is 0 Å². The third-order valence-electron chi connectivity index (χ3n) is 2.73. The van der Waals surface area contributed by atoms with E-state index >= 15 is 0 Å². The number of benzene rings is 1. The quantitative estimate of drug-likeness (QED) is 0.655. The molecule has 0 heterocycles. The van der Waals surface area contributed by atoms with Gasteiger partial charge >= 0.3 is 11.9 Å². The fourth-order valence-corrected chi connectivity index (χ4v) is 1.79. The van der Waals surface area contributed by atoms with E-state index in [9.17, 15) is 9.59 Å². The lowest BCUT2D eigenvalue weighted by molar-refractivity contribution is -0.151. The summed E-state index contributed by atoms with van der Waals surface area (Å²) in [6, 6.07) is 9.57. The Bertz CT molecular complexity index is 410. The van der Waals surface area contributed by atoms with Crippen LogP contribution in [0.4, 0.5) is 0 Å². The molecule has 0 aliphatic carbocycles. The van der Waals surface area contributed by atoms with Crippen molar-refractivity contribution in [3.8, 4) is 0 Å². The molecule has 0 amide bonds. The predicted octanol–water partition coefficient (Wildman–Crippen LogP) is 2.48. The first-order chi connectivity index (χ1) is 10.2. The molecule has 1 rings (SSSR count). The van der Waals surface area contributed by atoms with Crippen molar-refractivity contribution in [3.63, 3.8) is 0 Å². The molecular formula is C16H22O5. The van der Waals surface area contributed by atoms with Crippen LogP contribution >= 0.6 is 0 Å². The SMILES string of the molecule is CCOC(=O)CC(CC(=O)OCC)OCc1ccccc1. The van der Waals surface area contributed by atoms with Crippen molar-refractivity contribution < 1.29 is 23.8 Å². The lowest BCUT2D eigenvalue weighted by Gasteiger charge is -2.16. The average Bonchev–Trinajstić information content (AvgIpc) is 2.46. The minimum Gasteiger partial charge on any atom is -0.466 e. The molecule has 0 saturated carbocycles. The molecule has 5 heteroatoms. The molecule has 0 N–H and O–H groups in total. The molecule has 0 aliphatic heterocycles. The molecule has 0 spiro atoms. The highest BCUT2D eigenvalue weighted by atomic mass is 16.5. The second-order valence-corrected chi connectivity index (χ2v) is 4.44. The number of rotatable bonds is 9. The van der Waals surface area contributed by atoms with Gasteiger partial charge in [-0.25, -0.2) is 0 Å². The highest BCUT2D eigenvalue weighted by Gasteiger charge is 2.20. The Hall–Kier alpha value is -1.88. The molecule has 5 nitrogen and oxygen atoms in total. The summed E-state index contributed by atoms with van der Waals surface area (Å²) in [7, 11) is 0. The molecule has 1 aromatic rings. The van der Waals surface area contributed by atoms with Crippen LogP contribution in [0.2, 0.25) is 0 Å². The van der Waals surface area contributed by atoms with Crippen molar-refractivity contribution in [3.05, 3.63) is 35.9 Å². The van der Waals surface area contributed by atoms with Gasteiger partial charge in [-0.2, -0.15) is 0 Å². The van der Waals surface area contributed by atoms with E-state index in [1.807, 2.05) is 30.3 Å². The largest absolute Gasteiger partial charge is 0.466 e. The maximum absolute atomic E-state index is 11.5. The number of carbonyl (C=O) groups is 2. The van der Waals surface area contributed by atoms with E-state index in [0.29, 0.717) is 19.8 Å². The molecule has 0 saturated heterocycles. The highest BCUT2D eigenvalue weighted by molar-refractivity contribution is 5.73. The maximum atomic E-state index is 11.5. The molecule has 0 bridgehead atoms. The van der Waals surface area contributed by atoms with Crippen LogP contribution in [-0.2, 0) is 30.4 Å². The highest BCUT2D eigenvalue weighted by Crippen LogP contribution is 2.11. The van der Waals surface area contributed by atoms with E-state index in [2.05, 4.69) is 0 Å². The zero-order chi connectivity index (χ0) is 15.5. The van der Waals surface area contributed by atoms with Crippen LogP contribution in [0.3, 0.4) is 0 Å². The predicted molar refractivity (Wildman–Crippen MR) is 77.5 cm³/mol. The van der Waals surface area contributed by atoms with Gasteiger partial charge < -0.3 is 14.2 Å². The normalized spacial score (nSPS) is 10.4. The Morgan fingerprint density at radius 3 is 1.95 bits per heavy atom. The Labute approximate surface area is 125 Å². The first-order valence-electron chi connectivity index (χ1n) is 7.12. The van der Waals surface area contributed by atoms with E-state index in [-0.39, 0.29) is 24.8 Å². The van der Waals surface area contributed by atoms with Gasteiger partial charge in [0.05, 0.1) is 38.8 Å². The summed E-state index contributed by atoms with van der Waals surface area (Å²) in [6.45, 7) is 4.43. The minimum atomic E-state index is -0.539.